The van der Waals surface area contributed by atoms with Gasteiger partial charge >= 0.3 is 0 Å². The van der Waals surface area contributed by atoms with Gasteiger partial charge in [0.05, 0.1) is 6.04 Å². The Morgan fingerprint density at radius 1 is 1.73 bits per heavy atom. The van der Waals surface area contributed by atoms with Crippen LogP contribution >= 0.6 is 11.8 Å². The molecule has 1 aliphatic heterocycles. The van der Waals surface area contributed by atoms with Crippen LogP contribution in [-0.2, 0) is 0 Å². The zero-order valence-corrected chi connectivity index (χ0v) is 7.86. The number of aliphatic imine (C=N–C) groups is 1. The number of unbranched alkanes of at least 4 members (excludes halogenated alkanes) is 1. The molecule has 3 heteroatoms. The second-order valence-corrected chi connectivity index (χ2v) is 4.02. The first-order chi connectivity index (χ1) is 5.33. The molecule has 0 aromatic rings. The van der Waals surface area contributed by atoms with Crippen molar-refractivity contribution in [3.05, 3.63) is 0 Å². The summed E-state index contributed by atoms with van der Waals surface area (Å²) in [4.78, 5) is 4.38. The van der Waals surface area contributed by atoms with Crippen LogP contribution in [0.5, 0.6) is 0 Å². The Kier molecular flexibility index (Phi) is 3.77. The van der Waals surface area contributed by atoms with Crippen molar-refractivity contribution in [2.45, 2.75) is 38.6 Å². The minimum atomic E-state index is 0.524. The van der Waals surface area contributed by atoms with E-state index in [-0.39, 0.29) is 0 Å². The highest BCUT2D eigenvalue weighted by atomic mass is 32.2. The van der Waals surface area contributed by atoms with Crippen molar-refractivity contribution in [2.75, 3.05) is 5.75 Å². The number of nitrogens with two attached hydrogens (primary N) is 1. The lowest BCUT2D eigenvalue weighted by molar-refractivity contribution is 0.566. The summed E-state index contributed by atoms with van der Waals surface area (Å²) >= 11 is 1.68. The van der Waals surface area contributed by atoms with Gasteiger partial charge < -0.3 is 5.73 Å². The van der Waals surface area contributed by atoms with Crippen molar-refractivity contribution in [1.82, 2.24) is 0 Å². The van der Waals surface area contributed by atoms with Crippen LogP contribution in [0.15, 0.2) is 4.99 Å². The SMILES string of the molecule is CCCCC1CCSC(N)=N1. The predicted octanol–water partition coefficient (Wildman–Crippen LogP) is 2.00. The first kappa shape index (κ1) is 8.91. The first-order valence-corrected chi connectivity index (χ1v) is 5.27. The van der Waals surface area contributed by atoms with E-state index in [9.17, 15) is 0 Å². The summed E-state index contributed by atoms with van der Waals surface area (Å²) in [5, 5.41) is 0.789. The number of thioether (sulfide) groups is 1. The van der Waals surface area contributed by atoms with Gasteiger partial charge in [0.15, 0.2) is 5.17 Å². The smallest absolute Gasteiger partial charge is 0.154 e. The molecule has 1 heterocycles. The van der Waals surface area contributed by atoms with Gasteiger partial charge in [0.2, 0.25) is 0 Å². The number of hydrogen-bond donors (Lipinski definition) is 1. The summed E-state index contributed by atoms with van der Waals surface area (Å²) in [6.07, 6.45) is 4.98. The molecule has 1 rings (SSSR count). The van der Waals surface area contributed by atoms with E-state index in [0.29, 0.717) is 6.04 Å². The molecule has 0 aliphatic carbocycles. The van der Waals surface area contributed by atoms with Crippen LogP contribution in [0.25, 0.3) is 0 Å². The number of amidine groups is 1. The van der Waals surface area contributed by atoms with Crippen LogP contribution in [0.3, 0.4) is 0 Å². The molecule has 2 nitrogen and oxygen atoms in total. The Bertz CT molecular complexity index is 145. The van der Waals surface area contributed by atoms with Gasteiger partial charge in [0.1, 0.15) is 0 Å². The Morgan fingerprint density at radius 2 is 2.55 bits per heavy atom. The third-order valence-electron chi connectivity index (χ3n) is 1.90. The monoisotopic (exact) mass is 172 g/mol. The van der Waals surface area contributed by atoms with Crippen LogP contribution in [-0.4, -0.2) is 17.0 Å². The van der Waals surface area contributed by atoms with Gasteiger partial charge in [-0.3, -0.25) is 4.99 Å². The molecule has 0 radical (unpaired) electrons. The Morgan fingerprint density at radius 3 is 3.18 bits per heavy atom. The molecule has 1 unspecified atom stereocenters. The van der Waals surface area contributed by atoms with Crippen molar-refractivity contribution in [3.8, 4) is 0 Å². The molecular weight excluding hydrogens is 156 g/mol. The molecule has 2 N–H and O–H groups in total. The molecule has 0 spiro atoms. The molecule has 1 aliphatic rings. The summed E-state index contributed by atoms with van der Waals surface area (Å²) in [5.74, 6) is 1.16. The van der Waals surface area contributed by atoms with Crippen molar-refractivity contribution in [3.63, 3.8) is 0 Å². The number of rotatable bonds is 3. The highest BCUT2D eigenvalue weighted by molar-refractivity contribution is 8.13. The topological polar surface area (TPSA) is 38.4 Å². The quantitative estimate of drug-likeness (QED) is 0.707. The third kappa shape index (κ3) is 3.14. The Hall–Kier alpha value is -0.180. The van der Waals surface area contributed by atoms with Crippen molar-refractivity contribution in [2.24, 2.45) is 10.7 Å². The third-order valence-corrected chi connectivity index (χ3v) is 2.74. The van der Waals surface area contributed by atoms with Gasteiger partial charge in [0.25, 0.3) is 0 Å². The maximum atomic E-state index is 5.61. The highest BCUT2D eigenvalue weighted by Crippen LogP contribution is 2.18. The molecule has 0 aromatic carbocycles. The predicted molar refractivity (Wildman–Crippen MR) is 52.0 cm³/mol. The molecule has 1 atom stereocenters. The fourth-order valence-corrected chi connectivity index (χ4v) is 2.05. The lowest BCUT2D eigenvalue weighted by Crippen LogP contribution is -2.20. The molecule has 11 heavy (non-hydrogen) atoms. The second-order valence-electron chi connectivity index (χ2n) is 2.90. The van der Waals surface area contributed by atoms with Crippen LogP contribution in [0, 0.1) is 0 Å². The summed E-state index contributed by atoms with van der Waals surface area (Å²) in [5.41, 5.74) is 5.61. The van der Waals surface area contributed by atoms with Crippen LogP contribution in [0.2, 0.25) is 0 Å². The van der Waals surface area contributed by atoms with Gasteiger partial charge in [-0.15, -0.1) is 0 Å². The van der Waals surface area contributed by atoms with E-state index in [1.165, 1.54) is 25.7 Å². The van der Waals surface area contributed by atoms with Crippen LogP contribution < -0.4 is 5.73 Å². The van der Waals surface area contributed by atoms with E-state index in [4.69, 9.17) is 5.73 Å². The lowest BCUT2D eigenvalue weighted by Gasteiger charge is -2.17. The fourth-order valence-electron chi connectivity index (χ4n) is 1.23. The zero-order valence-electron chi connectivity index (χ0n) is 7.05. The maximum Gasteiger partial charge on any atom is 0.154 e. The van der Waals surface area contributed by atoms with E-state index in [1.54, 1.807) is 11.8 Å². The van der Waals surface area contributed by atoms with Crippen LogP contribution in [0.1, 0.15) is 32.6 Å². The largest absolute Gasteiger partial charge is 0.379 e. The molecule has 64 valence electrons. The fraction of sp³-hybridized carbons (Fsp3) is 0.875. The summed E-state index contributed by atoms with van der Waals surface area (Å²) in [6.45, 7) is 2.21. The number of nitrogens with zero attached hydrogens (tertiary/aromatic N) is 1. The highest BCUT2D eigenvalue weighted by Gasteiger charge is 2.12. The van der Waals surface area contributed by atoms with Crippen molar-refractivity contribution >= 4 is 16.9 Å². The van der Waals surface area contributed by atoms with Crippen molar-refractivity contribution in [1.29, 1.82) is 0 Å². The molecule has 0 saturated carbocycles. The van der Waals surface area contributed by atoms with Crippen molar-refractivity contribution < 1.29 is 0 Å². The average Bonchev–Trinajstić information content (AvgIpc) is 2.01. The lowest BCUT2D eigenvalue weighted by atomic mass is 10.1. The Balaban J connectivity index is 2.28. The molecule has 0 aromatic heterocycles. The molecule has 0 amide bonds. The van der Waals surface area contributed by atoms with Crippen LogP contribution in [0.4, 0.5) is 0 Å². The van der Waals surface area contributed by atoms with E-state index >= 15 is 0 Å². The zero-order chi connectivity index (χ0) is 8.10. The Labute approximate surface area is 72.6 Å². The normalized spacial score (nSPS) is 24.8. The van der Waals surface area contributed by atoms with Gasteiger partial charge in [-0.1, -0.05) is 31.5 Å². The second kappa shape index (κ2) is 4.65. The van der Waals surface area contributed by atoms with Gasteiger partial charge in [-0.25, -0.2) is 0 Å². The van der Waals surface area contributed by atoms with E-state index < -0.39 is 0 Å². The maximum absolute atomic E-state index is 5.61. The summed E-state index contributed by atoms with van der Waals surface area (Å²) < 4.78 is 0. The first-order valence-electron chi connectivity index (χ1n) is 4.29. The molecule has 0 saturated heterocycles. The molecule has 0 bridgehead atoms. The summed E-state index contributed by atoms with van der Waals surface area (Å²) in [7, 11) is 0. The van der Waals surface area contributed by atoms with E-state index in [0.717, 1.165) is 10.9 Å². The minimum absolute atomic E-state index is 0.524. The summed E-state index contributed by atoms with van der Waals surface area (Å²) in [6, 6.07) is 0.524. The van der Waals surface area contributed by atoms with E-state index in [2.05, 4.69) is 11.9 Å². The van der Waals surface area contributed by atoms with Gasteiger partial charge in [-0.05, 0) is 12.8 Å². The van der Waals surface area contributed by atoms with Gasteiger partial charge in [-0.2, -0.15) is 0 Å². The molecular formula is C8H16N2S. The number of hydrogen-bond acceptors (Lipinski definition) is 3. The minimum Gasteiger partial charge on any atom is -0.379 e. The van der Waals surface area contributed by atoms with E-state index in [1.807, 2.05) is 0 Å². The van der Waals surface area contributed by atoms with Gasteiger partial charge in [0, 0.05) is 5.75 Å². The standard InChI is InChI=1S/C8H16N2S/c1-2-3-4-7-5-6-11-8(9)10-7/h7H,2-6H2,1H3,(H2,9,10). The average molecular weight is 172 g/mol. The molecule has 0 fully saturated rings.